The summed E-state index contributed by atoms with van der Waals surface area (Å²) in [6, 6.07) is 21.7. The lowest BCUT2D eigenvalue weighted by Gasteiger charge is -2.28. The molecule has 0 aliphatic carbocycles. The minimum absolute atomic E-state index is 0.146. The van der Waals surface area contributed by atoms with Crippen molar-refractivity contribution >= 4 is 21.6 Å². The van der Waals surface area contributed by atoms with Gasteiger partial charge in [-0.15, -0.1) is 0 Å². The van der Waals surface area contributed by atoms with Crippen LogP contribution in [0.1, 0.15) is 42.3 Å². The van der Waals surface area contributed by atoms with E-state index in [0.717, 1.165) is 17.7 Å². The van der Waals surface area contributed by atoms with Crippen LogP contribution in [0.5, 0.6) is 0 Å². The van der Waals surface area contributed by atoms with Crippen molar-refractivity contribution in [2.75, 3.05) is 11.3 Å². The average molecular weight is 564 g/mol. The first-order chi connectivity index (χ1) is 19.1. The first kappa shape index (κ1) is 29.0. The zero-order valence-corrected chi connectivity index (χ0v) is 23.1. The molecule has 40 heavy (non-hydrogen) atoms. The fourth-order valence-electron chi connectivity index (χ4n) is 4.15. The molecule has 1 atom stereocenters. The molecule has 0 bridgehead atoms. The molecule has 1 unspecified atom stereocenters. The second-order valence-electron chi connectivity index (χ2n) is 10.1. The predicted molar refractivity (Wildman–Crippen MR) is 152 cm³/mol. The molecule has 10 nitrogen and oxygen atoms in total. The Morgan fingerprint density at radius 2 is 1.68 bits per heavy atom. The average Bonchev–Trinajstić information content (AvgIpc) is 3.44. The van der Waals surface area contributed by atoms with Gasteiger partial charge < -0.3 is 15.0 Å². The molecule has 1 heterocycles. The fourth-order valence-corrected chi connectivity index (χ4v) is 5.26. The predicted octanol–water partition coefficient (Wildman–Crippen LogP) is 3.96. The van der Waals surface area contributed by atoms with E-state index in [4.69, 9.17) is 5.21 Å². The SMILES string of the molecule is CC(C)(CCn1cnc(-c2ccc(C(=O)NO)cc2)c1)NCC(O)c1ccccc1NS(=O)(=O)c1ccccc1. The van der Waals surface area contributed by atoms with Crippen LogP contribution in [0.25, 0.3) is 11.3 Å². The van der Waals surface area contributed by atoms with E-state index in [1.54, 1.807) is 78.5 Å². The fraction of sp³-hybridized carbons (Fsp3) is 0.241. The van der Waals surface area contributed by atoms with Gasteiger partial charge in [-0.05, 0) is 50.6 Å². The Labute approximate surface area is 233 Å². The summed E-state index contributed by atoms with van der Waals surface area (Å²) >= 11 is 0. The van der Waals surface area contributed by atoms with Crippen LogP contribution < -0.4 is 15.5 Å². The molecule has 0 fully saturated rings. The second-order valence-corrected chi connectivity index (χ2v) is 11.7. The van der Waals surface area contributed by atoms with Gasteiger partial charge in [0.15, 0.2) is 0 Å². The minimum Gasteiger partial charge on any atom is -0.387 e. The zero-order chi connectivity index (χ0) is 28.8. The van der Waals surface area contributed by atoms with Crippen molar-refractivity contribution < 1.29 is 23.5 Å². The van der Waals surface area contributed by atoms with E-state index in [1.807, 2.05) is 24.6 Å². The molecule has 210 valence electrons. The maximum absolute atomic E-state index is 12.8. The molecule has 3 aromatic carbocycles. The topological polar surface area (TPSA) is 146 Å². The Kier molecular flexibility index (Phi) is 9.00. The second kappa shape index (κ2) is 12.4. The molecule has 1 amide bonds. The third kappa shape index (κ3) is 7.33. The summed E-state index contributed by atoms with van der Waals surface area (Å²) in [4.78, 5) is 16.1. The molecule has 0 spiro atoms. The van der Waals surface area contributed by atoms with E-state index in [2.05, 4.69) is 15.0 Å². The Bertz CT molecular complexity index is 1540. The standard InChI is InChI=1S/C29H33N5O5S/c1-29(2,16-17-34-19-26(30-20-34)21-12-14-22(15-13-21)28(36)32-37)31-18-27(35)24-10-6-7-11-25(24)33-40(38,39)23-8-4-3-5-9-23/h3-15,19-20,27,31,33,35,37H,16-18H2,1-2H3,(H,32,36). The molecule has 0 aliphatic heterocycles. The normalized spacial score (nSPS) is 12.6. The number of hydrogen-bond acceptors (Lipinski definition) is 7. The van der Waals surface area contributed by atoms with Gasteiger partial charge in [-0.1, -0.05) is 48.5 Å². The van der Waals surface area contributed by atoms with Crippen molar-refractivity contribution in [1.29, 1.82) is 0 Å². The number of aryl methyl sites for hydroxylation is 1. The summed E-state index contributed by atoms with van der Waals surface area (Å²) < 4.78 is 30.2. The van der Waals surface area contributed by atoms with Crippen LogP contribution in [0.15, 0.2) is 96.3 Å². The van der Waals surface area contributed by atoms with Crippen molar-refractivity contribution in [2.24, 2.45) is 0 Å². The lowest BCUT2D eigenvalue weighted by Crippen LogP contribution is -2.42. The van der Waals surface area contributed by atoms with Crippen molar-refractivity contribution in [3.05, 3.63) is 103 Å². The van der Waals surface area contributed by atoms with Gasteiger partial charge in [0.2, 0.25) is 0 Å². The quantitative estimate of drug-likeness (QED) is 0.130. The van der Waals surface area contributed by atoms with Crippen LogP contribution >= 0.6 is 0 Å². The Morgan fingerprint density at radius 1 is 1.00 bits per heavy atom. The summed E-state index contributed by atoms with van der Waals surface area (Å²) in [6.07, 6.45) is 3.45. The zero-order valence-electron chi connectivity index (χ0n) is 22.3. The van der Waals surface area contributed by atoms with E-state index in [9.17, 15) is 18.3 Å². The van der Waals surface area contributed by atoms with Gasteiger partial charge in [-0.3, -0.25) is 14.7 Å². The number of amides is 1. The number of nitrogens with zero attached hydrogens (tertiary/aromatic N) is 2. The van der Waals surface area contributed by atoms with Gasteiger partial charge in [-0.2, -0.15) is 0 Å². The lowest BCUT2D eigenvalue weighted by atomic mass is 9.99. The molecule has 0 saturated carbocycles. The van der Waals surface area contributed by atoms with Crippen molar-refractivity contribution in [3.8, 4) is 11.3 Å². The number of rotatable bonds is 12. The summed E-state index contributed by atoms with van der Waals surface area (Å²) in [5.74, 6) is -0.575. The highest BCUT2D eigenvalue weighted by Gasteiger charge is 2.22. The summed E-state index contributed by atoms with van der Waals surface area (Å²) in [5, 5.41) is 23.1. The molecule has 4 aromatic rings. The van der Waals surface area contributed by atoms with E-state index in [-0.39, 0.29) is 17.0 Å². The summed E-state index contributed by atoms with van der Waals surface area (Å²) in [7, 11) is -3.80. The molecular weight excluding hydrogens is 530 g/mol. The number of aromatic nitrogens is 2. The molecular formula is C29H33N5O5S. The highest BCUT2D eigenvalue weighted by Crippen LogP contribution is 2.26. The number of hydroxylamine groups is 1. The molecule has 0 radical (unpaired) electrons. The smallest absolute Gasteiger partial charge is 0.274 e. The number of sulfonamides is 1. The Balaban J connectivity index is 1.34. The van der Waals surface area contributed by atoms with Crippen LogP contribution in [0.4, 0.5) is 5.69 Å². The van der Waals surface area contributed by atoms with E-state index >= 15 is 0 Å². The summed E-state index contributed by atoms with van der Waals surface area (Å²) in [6.45, 7) is 4.96. The monoisotopic (exact) mass is 563 g/mol. The number of aliphatic hydroxyl groups is 1. The molecule has 11 heteroatoms. The number of nitrogens with one attached hydrogen (secondary N) is 3. The maximum Gasteiger partial charge on any atom is 0.274 e. The van der Waals surface area contributed by atoms with E-state index in [0.29, 0.717) is 23.4 Å². The van der Waals surface area contributed by atoms with Gasteiger partial charge >= 0.3 is 0 Å². The molecule has 1 aromatic heterocycles. The number of imidazole rings is 1. The molecule has 5 N–H and O–H groups in total. The molecule has 0 aliphatic rings. The molecule has 4 rings (SSSR count). The highest BCUT2D eigenvalue weighted by atomic mass is 32.2. The van der Waals surface area contributed by atoms with Gasteiger partial charge in [0, 0.05) is 41.5 Å². The number of aliphatic hydroxyl groups excluding tert-OH is 1. The van der Waals surface area contributed by atoms with E-state index < -0.39 is 22.0 Å². The van der Waals surface area contributed by atoms with Gasteiger partial charge in [0.25, 0.3) is 15.9 Å². The number of β-amino-alcohol motifs (C(OH)–C–C–N with tert-alkyl or cyclic N) is 1. The van der Waals surface area contributed by atoms with Crippen LogP contribution in [-0.2, 0) is 16.6 Å². The minimum atomic E-state index is -3.80. The largest absolute Gasteiger partial charge is 0.387 e. The number of hydrogen-bond donors (Lipinski definition) is 5. The van der Waals surface area contributed by atoms with Gasteiger partial charge in [-0.25, -0.2) is 18.9 Å². The Morgan fingerprint density at radius 3 is 2.38 bits per heavy atom. The molecule has 0 saturated heterocycles. The third-order valence-corrected chi connectivity index (χ3v) is 7.95. The van der Waals surface area contributed by atoms with Gasteiger partial charge in [0.05, 0.1) is 28.7 Å². The van der Waals surface area contributed by atoms with Gasteiger partial charge in [0.1, 0.15) is 0 Å². The van der Waals surface area contributed by atoms with Crippen molar-refractivity contribution in [2.45, 2.75) is 43.4 Å². The van der Waals surface area contributed by atoms with Crippen LogP contribution in [0.2, 0.25) is 0 Å². The Hall–Kier alpha value is -4.03. The van der Waals surface area contributed by atoms with E-state index in [1.165, 1.54) is 12.1 Å². The van der Waals surface area contributed by atoms with Crippen LogP contribution in [0.3, 0.4) is 0 Å². The van der Waals surface area contributed by atoms with Crippen molar-refractivity contribution in [1.82, 2.24) is 20.3 Å². The number of para-hydroxylation sites is 1. The van der Waals surface area contributed by atoms with Crippen LogP contribution in [-0.4, -0.2) is 46.3 Å². The first-order valence-corrected chi connectivity index (χ1v) is 14.2. The number of benzene rings is 3. The number of anilines is 1. The highest BCUT2D eigenvalue weighted by molar-refractivity contribution is 7.92. The number of carbonyl (C=O) groups excluding carboxylic acids is 1. The lowest BCUT2D eigenvalue weighted by molar-refractivity contribution is 0.0706. The first-order valence-electron chi connectivity index (χ1n) is 12.7. The van der Waals surface area contributed by atoms with Crippen LogP contribution in [0, 0.1) is 0 Å². The summed E-state index contributed by atoms with van der Waals surface area (Å²) in [5.41, 5.74) is 4.02. The van der Waals surface area contributed by atoms with Crippen molar-refractivity contribution in [3.63, 3.8) is 0 Å². The number of carbonyl (C=O) groups is 1. The maximum atomic E-state index is 12.8. The third-order valence-electron chi connectivity index (χ3n) is 6.56.